The molecule has 0 saturated carbocycles. The Hall–Kier alpha value is -2.36. The second kappa shape index (κ2) is 5.52. The van der Waals surface area contributed by atoms with Gasteiger partial charge in [-0.2, -0.15) is 0 Å². The number of aromatic carboxylic acids is 1. The topological polar surface area (TPSA) is 53.4 Å². The predicted octanol–water partition coefficient (Wildman–Crippen LogP) is 2.95. The Morgan fingerprint density at radius 1 is 1.47 bits per heavy atom. The monoisotopic (exact) mass is 256 g/mol. The van der Waals surface area contributed by atoms with Crippen molar-refractivity contribution in [1.29, 1.82) is 0 Å². The minimum atomic E-state index is -0.962. The number of hydrogen-bond donors (Lipinski definition) is 1. The van der Waals surface area contributed by atoms with E-state index in [2.05, 4.69) is 11.6 Å². The lowest BCUT2D eigenvalue weighted by Gasteiger charge is -2.22. The fourth-order valence-electron chi connectivity index (χ4n) is 2.03. The number of nitrogens with zero attached hydrogens (tertiary/aromatic N) is 2. The van der Waals surface area contributed by atoms with Gasteiger partial charge in [-0.1, -0.05) is 24.3 Å². The van der Waals surface area contributed by atoms with E-state index in [4.69, 9.17) is 0 Å². The van der Waals surface area contributed by atoms with Gasteiger partial charge in [-0.15, -0.1) is 6.58 Å². The van der Waals surface area contributed by atoms with E-state index in [1.165, 1.54) is 0 Å². The van der Waals surface area contributed by atoms with Crippen molar-refractivity contribution in [1.82, 2.24) is 4.98 Å². The first kappa shape index (κ1) is 13.1. The molecule has 0 aliphatic heterocycles. The van der Waals surface area contributed by atoms with Crippen molar-refractivity contribution in [2.45, 2.75) is 6.92 Å². The number of hydrogen-bond acceptors (Lipinski definition) is 3. The van der Waals surface area contributed by atoms with Gasteiger partial charge in [-0.05, 0) is 19.1 Å². The highest BCUT2D eigenvalue weighted by Crippen LogP contribution is 2.23. The molecular weight excluding hydrogens is 240 g/mol. The second-order valence-corrected chi connectivity index (χ2v) is 4.18. The van der Waals surface area contributed by atoms with Crippen molar-refractivity contribution in [3.8, 4) is 0 Å². The van der Waals surface area contributed by atoms with Gasteiger partial charge in [0.15, 0.2) is 0 Å². The molecule has 2 aromatic rings. The van der Waals surface area contributed by atoms with E-state index in [-0.39, 0.29) is 5.56 Å². The van der Waals surface area contributed by atoms with Crippen LogP contribution in [0.5, 0.6) is 0 Å². The summed E-state index contributed by atoms with van der Waals surface area (Å²) in [4.78, 5) is 17.8. The summed E-state index contributed by atoms with van der Waals surface area (Å²) < 4.78 is 0. The fraction of sp³-hybridized carbons (Fsp3) is 0.200. The zero-order valence-corrected chi connectivity index (χ0v) is 10.8. The number of carboxylic acid groups (broad SMARTS) is 1. The summed E-state index contributed by atoms with van der Waals surface area (Å²) in [5, 5.41) is 10.2. The van der Waals surface area contributed by atoms with Gasteiger partial charge in [0.05, 0.1) is 5.52 Å². The summed E-state index contributed by atoms with van der Waals surface area (Å²) in [5.74, 6) is -0.468. The normalized spacial score (nSPS) is 10.4. The van der Waals surface area contributed by atoms with Crippen LogP contribution in [0.25, 0.3) is 10.9 Å². The number of anilines is 1. The molecule has 0 aliphatic carbocycles. The van der Waals surface area contributed by atoms with E-state index in [1.54, 1.807) is 12.1 Å². The number of pyridine rings is 1. The first-order chi connectivity index (χ1) is 9.17. The molecule has 0 unspecified atom stereocenters. The number of likely N-dealkylation sites (N-methyl/N-ethyl adjacent to an activating group) is 1. The molecule has 4 heteroatoms. The van der Waals surface area contributed by atoms with Gasteiger partial charge in [0.1, 0.15) is 11.4 Å². The molecule has 1 aromatic heterocycles. The smallest absolute Gasteiger partial charge is 0.339 e. The van der Waals surface area contributed by atoms with Crippen LogP contribution in [0.15, 0.2) is 43.0 Å². The van der Waals surface area contributed by atoms with Crippen LogP contribution in [0.1, 0.15) is 17.3 Å². The van der Waals surface area contributed by atoms with Crippen molar-refractivity contribution in [2.24, 2.45) is 0 Å². The third-order valence-electron chi connectivity index (χ3n) is 2.97. The summed E-state index contributed by atoms with van der Waals surface area (Å²) in [5.41, 5.74) is 1.02. The summed E-state index contributed by atoms with van der Waals surface area (Å²) in [6.07, 6.45) is 1.74. The highest BCUT2D eigenvalue weighted by Gasteiger charge is 2.17. The largest absolute Gasteiger partial charge is 0.478 e. The third kappa shape index (κ3) is 2.57. The molecular formula is C15H16N2O2. The van der Waals surface area contributed by atoms with Crippen molar-refractivity contribution in [3.05, 3.63) is 48.6 Å². The Labute approximate surface area is 112 Å². The summed E-state index contributed by atoms with van der Waals surface area (Å²) >= 11 is 0. The van der Waals surface area contributed by atoms with Crippen LogP contribution in [0.2, 0.25) is 0 Å². The first-order valence-corrected chi connectivity index (χ1v) is 6.16. The minimum Gasteiger partial charge on any atom is -0.478 e. The van der Waals surface area contributed by atoms with Crippen LogP contribution in [0.4, 0.5) is 5.82 Å². The molecule has 0 aliphatic rings. The van der Waals surface area contributed by atoms with Crippen molar-refractivity contribution >= 4 is 22.7 Å². The van der Waals surface area contributed by atoms with Crippen LogP contribution in [-0.4, -0.2) is 29.1 Å². The van der Waals surface area contributed by atoms with Crippen LogP contribution in [-0.2, 0) is 0 Å². The van der Waals surface area contributed by atoms with Crippen LogP contribution >= 0.6 is 0 Å². The van der Waals surface area contributed by atoms with Crippen LogP contribution < -0.4 is 4.90 Å². The maximum atomic E-state index is 11.4. The van der Waals surface area contributed by atoms with Crippen molar-refractivity contribution in [3.63, 3.8) is 0 Å². The predicted molar refractivity (Wildman–Crippen MR) is 76.8 cm³/mol. The number of aromatic nitrogens is 1. The molecule has 0 saturated heterocycles. The van der Waals surface area contributed by atoms with Gasteiger partial charge in [0.2, 0.25) is 0 Å². The molecule has 1 heterocycles. The SMILES string of the molecule is C=CCN(CC)c1nc2ccccc2cc1C(=O)O. The Kier molecular flexibility index (Phi) is 3.80. The number of benzene rings is 1. The van der Waals surface area contributed by atoms with Gasteiger partial charge in [-0.25, -0.2) is 9.78 Å². The maximum absolute atomic E-state index is 11.4. The molecule has 0 bridgehead atoms. The molecule has 0 spiro atoms. The fourth-order valence-corrected chi connectivity index (χ4v) is 2.03. The van der Waals surface area contributed by atoms with Crippen LogP contribution in [0, 0.1) is 0 Å². The standard InChI is InChI=1S/C15H16N2O2/c1-3-9-17(4-2)14-12(15(18)19)10-11-7-5-6-8-13(11)16-14/h3,5-8,10H,1,4,9H2,2H3,(H,18,19). The molecule has 0 atom stereocenters. The van der Waals surface area contributed by atoms with Crippen molar-refractivity contribution < 1.29 is 9.90 Å². The zero-order chi connectivity index (χ0) is 13.8. The van der Waals surface area contributed by atoms with Gasteiger partial charge in [-0.3, -0.25) is 0 Å². The molecule has 0 fully saturated rings. The Bertz CT molecular complexity index is 623. The number of para-hydroxylation sites is 1. The van der Waals surface area contributed by atoms with Gasteiger partial charge >= 0.3 is 5.97 Å². The van der Waals surface area contributed by atoms with E-state index < -0.39 is 5.97 Å². The van der Waals surface area contributed by atoms with Gasteiger partial charge in [0, 0.05) is 18.5 Å². The van der Waals surface area contributed by atoms with E-state index in [1.807, 2.05) is 36.1 Å². The summed E-state index contributed by atoms with van der Waals surface area (Å²) in [6, 6.07) is 9.18. The number of rotatable bonds is 5. The highest BCUT2D eigenvalue weighted by atomic mass is 16.4. The number of fused-ring (bicyclic) bond motifs is 1. The summed E-state index contributed by atoms with van der Waals surface area (Å²) in [7, 11) is 0. The maximum Gasteiger partial charge on any atom is 0.339 e. The van der Waals surface area contributed by atoms with Gasteiger partial charge < -0.3 is 10.0 Å². The number of carbonyl (C=O) groups is 1. The lowest BCUT2D eigenvalue weighted by molar-refractivity contribution is 0.0697. The highest BCUT2D eigenvalue weighted by molar-refractivity contribution is 5.98. The van der Waals surface area contributed by atoms with Crippen LogP contribution in [0.3, 0.4) is 0 Å². The Balaban J connectivity index is 2.65. The molecule has 2 rings (SSSR count). The second-order valence-electron chi connectivity index (χ2n) is 4.18. The Morgan fingerprint density at radius 3 is 2.84 bits per heavy atom. The average Bonchev–Trinajstić information content (AvgIpc) is 2.43. The van der Waals surface area contributed by atoms with E-state index in [0.29, 0.717) is 18.9 Å². The average molecular weight is 256 g/mol. The number of carboxylic acids is 1. The van der Waals surface area contributed by atoms with Crippen molar-refractivity contribution in [2.75, 3.05) is 18.0 Å². The Morgan fingerprint density at radius 2 is 2.21 bits per heavy atom. The molecule has 19 heavy (non-hydrogen) atoms. The first-order valence-electron chi connectivity index (χ1n) is 6.16. The molecule has 4 nitrogen and oxygen atoms in total. The van der Waals surface area contributed by atoms with Gasteiger partial charge in [0.25, 0.3) is 0 Å². The lowest BCUT2D eigenvalue weighted by Crippen LogP contribution is -2.26. The zero-order valence-electron chi connectivity index (χ0n) is 10.8. The summed E-state index contributed by atoms with van der Waals surface area (Å²) in [6.45, 7) is 6.91. The minimum absolute atomic E-state index is 0.224. The molecule has 0 amide bonds. The van der Waals surface area contributed by atoms with E-state index in [9.17, 15) is 9.90 Å². The molecule has 1 N–H and O–H groups in total. The third-order valence-corrected chi connectivity index (χ3v) is 2.97. The van der Waals surface area contributed by atoms with E-state index >= 15 is 0 Å². The molecule has 0 radical (unpaired) electrons. The lowest BCUT2D eigenvalue weighted by atomic mass is 10.1. The molecule has 98 valence electrons. The van der Waals surface area contributed by atoms with E-state index in [0.717, 1.165) is 10.9 Å². The molecule has 1 aromatic carbocycles. The quantitative estimate of drug-likeness (QED) is 0.836.